The van der Waals surface area contributed by atoms with Gasteiger partial charge in [0.2, 0.25) is 0 Å². The SMILES string of the molecule is CCCCc1ccc(-c2cc(C(F)(F)F)cc3c2OC(CN)C3)cc1. The zero-order chi connectivity index (χ0) is 18.0. The molecule has 0 bridgehead atoms. The maximum atomic E-state index is 13.3. The molecule has 0 radical (unpaired) electrons. The van der Waals surface area contributed by atoms with Gasteiger partial charge in [0.05, 0.1) is 5.56 Å². The number of aryl methyl sites for hydroxylation is 1. The largest absolute Gasteiger partial charge is 0.488 e. The summed E-state index contributed by atoms with van der Waals surface area (Å²) in [6.45, 7) is 2.41. The van der Waals surface area contributed by atoms with E-state index < -0.39 is 11.7 Å². The first-order valence-corrected chi connectivity index (χ1v) is 8.62. The molecular formula is C20H22F3NO. The van der Waals surface area contributed by atoms with Gasteiger partial charge in [0.25, 0.3) is 0 Å². The summed E-state index contributed by atoms with van der Waals surface area (Å²) >= 11 is 0. The van der Waals surface area contributed by atoms with Crippen molar-refractivity contribution in [3.63, 3.8) is 0 Å². The smallest absolute Gasteiger partial charge is 0.416 e. The lowest BCUT2D eigenvalue weighted by atomic mass is 9.96. The summed E-state index contributed by atoms with van der Waals surface area (Å²) in [6, 6.07) is 10.1. The lowest BCUT2D eigenvalue weighted by molar-refractivity contribution is -0.137. The summed E-state index contributed by atoms with van der Waals surface area (Å²) in [5, 5.41) is 0. The van der Waals surface area contributed by atoms with E-state index in [1.54, 1.807) is 0 Å². The average molecular weight is 349 g/mol. The summed E-state index contributed by atoms with van der Waals surface area (Å²) in [5.74, 6) is 0.532. The normalized spacial score (nSPS) is 16.6. The van der Waals surface area contributed by atoms with Crippen LogP contribution in [0.4, 0.5) is 13.2 Å². The van der Waals surface area contributed by atoms with E-state index in [1.165, 1.54) is 17.7 Å². The van der Waals surface area contributed by atoms with Gasteiger partial charge in [-0.05, 0) is 41.7 Å². The second-order valence-electron chi connectivity index (χ2n) is 6.49. The Labute approximate surface area is 145 Å². The third kappa shape index (κ3) is 3.82. The summed E-state index contributed by atoms with van der Waals surface area (Å²) in [6.07, 6.45) is -1.05. The fourth-order valence-electron chi connectivity index (χ4n) is 3.17. The number of halogens is 3. The molecule has 1 aliphatic rings. The van der Waals surface area contributed by atoms with Crippen LogP contribution in [0.5, 0.6) is 5.75 Å². The minimum Gasteiger partial charge on any atom is -0.488 e. The Morgan fingerprint density at radius 3 is 2.48 bits per heavy atom. The van der Waals surface area contributed by atoms with Crippen molar-refractivity contribution in [1.29, 1.82) is 0 Å². The van der Waals surface area contributed by atoms with Crippen molar-refractivity contribution in [1.82, 2.24) is 0 Å². The van der Waals surface area contributed by atoms with Crippen molar-refractivity contribution in [2.45, 2.75) is 44.9 Å². The Bertz CT molecular complexity index is 738. The molecule has 2 nitrogen and oxygen atoms in total. The maximum absolute atomic E-state index is 13.3. The molecule has 1 aliphatic heterocycles. The predicted molar refractivity (Wildman–Crippen MR) is 92.7 cm³/mol. The van der Waals surface area contributed by atoms with Crippen LogP contribution in [0.1, 0.15) is 36.5 Å². The molecule has 0 fully saturated rings. The first-order chi connectivity index (χ1) is 11.9. The molecule has 2 aromatic rings. The van der Waals surface area contributed by atoms with Crippen molar-refractivity contribution < 1.29 is 17.9 Å². The Kier molecular flexibility index (Phi) is 5.04. The molecule has 1 heterocycles. The summed E-state index contributed by atoms with van der Waals surface area (Å²) in [5.41, 5.74) is 8.00. The topological polar surface area (TPSA) is 35.2 Å². The van der Waals surface area contributed by atoms with E-state index in [0.717, 1.165) is 24.8 Å². The molecule has 0 aliphatic carbocycles. The van der Waals surface area contributed by atoms with Crippen molar-refractivity contribution in [2.75, 3.05) is 6.54 Å². The van der Waals surface area contributed by atoms with Crippen LogP contribution in [0.2, 0.25) is 0 Å². The molecule has 2 aromatic carbocycles. The highest BCUT2D eigenvalue weighted by Gasteiger charge is 2.35. The van der Waals surface area contributed by atoms with Crippen LogP contribution in [-0.4, -0.2) is 12.6 Å². The standard InChI is InChI=1S/C20H22F3NO/c1-2-3-4-13-5-7-14(8-6-13)18-11-16(20(21,22)23)9-15-10-17(12-24)25-19(15)18/h5-9,11,17H,2-4,10,12,24H2,1H3. The van der Waals surface area contributed by atoms with E-state index in [9.17, 15) is 13.2 Å². The van der Waals surface area contributed by atoms with E-state index in [1.807, 2.05) is 24.3 Å². The van der Waals surface area contributed by atoms with Crippen molar-refractivity contribution in [2.24, 2.45) is 5.73 Å². The van der Waals surface area contributed by atoms with Crippen molar-refractivity contribution >= 4 is 0 Å². The van der Waals surface area contributed by atoms with Crippen LogP contribution in [0.3, 0.4) is 0 Å². The van der Waals surface area contributed by atoms with Gasteiger partial charge in [0.1, 0.15) is 11.9 Å². The number of fused-ring (bicyclic) bond motifs is 1. The predicted octanol–water partition coefficient (Wildman–Crippen LogP) is 4.98. The van der Waals surface area contributed by atoms with Crippen LogP contribution in [0.25, 0.3) is 11.1 Å². The van der Waals surface area contributed by atoms with E-state index in [-0.39, 0.29) is 12.6 Å². The molecular weight excluding hydrogens is 327 g/mol. The van der Waals surface area contributed by atoms with Gasteiger partial charge in [-0.25, -0.2) is 0 Å². The molecule has 3 rings (SSSR count). The van der Waals surface area contributed by atoms with Gasteiger partial charge < -0.3 is 10.5 Å². The molecule has 1 atom stereocenters. The molecule has 5 heteroatoms. The number of unbranched alkanes of at least 4 members (excludes halogenated alkanes) is 1. The van der Waals surface area contributed by atoms with E-state index in [2.05, 4.69) is 6.92 Å². The Morgan fingerprint density at radius 1 is 1.16 bits per heavy atom. The summed E-state index contributed by atoms with van der Waals surface area (Å²) in [7, 11) is 0. The molecule has 25 heavy (non-hydrogen) atoms. The Hall–Kier alpha value is -2.01. The highest BCUT2D eigenvalue weighted by atomic mass is 19.4. The zero-order valence-electron chi connectivity index (χ0n) is 14.2. The molecule has 0 aromatic heterocycles. The average Bonchev–Trinajstić information content (AvgIpc) is 3.02. The van der Waals surface area contributed by atoms with Gasteiger partial charge >= 0.3 is 6.18 Å². The number of alkyl halides is 3. The second-order valence-corrected chi connectivity index (χ2v) is 6.49. The lowest BCUT2D eigenvalue weighted by Gasteiger charge is -2.14. The minimum atomic E-state index is -4.38. The fraction of sp³-hybridized carbons (Fsp3) is 0.400. The van der Waals surface area contributed by atoms with Gasteiger partial charge in [-0.15, -0.1) is 0 Å². The monoisotopic (exact) mass is 349 g/mol. The van der Waals surface area contributed by atoms with Crippen molar-refractivity contribution in [3.8, 4) is 16.9 Å². The van der Waals surface area contributed by atoms with Gasteiger partial charge in [-0.3, -0.25) is 0 Å². The first-order valence-electron chi connectivity index (χ1n) is 8.62. The van der Waals surface area contributed by atoms with Crippen LogP contribution in [0, 0.1) is 0 Å². The first kappa shape index (κ1) is 17.8. The number of hydrogen-bond donors (Lipinski definition) is 1. The quantitative estimate of drug-likeness (QED) is 0.826. The second kappa shape index (κ2) is 7.08. The number of hydrogen-bond acceptors (Lipinski definition) is 2. The summed E-state index contributed by atoms with van der Waals surface area (Å²) < 4.78 is 45.6. The minimum absolute atomic E-state index is 0.263. The number of nitrogens with two attached hydrogens (primary N) is 1. The number of ether oxygens (including phenoxy) is 1. The van der Waals surface area contributed by atoms with Gasteiger partial charge in [-0.2, -0.15) is 13.2 Å². The Balaban J connectivity index is 2.01. The molecule has 2 N–H and O–H groups in total. The molecule has 0 amide bonds. The van der Waals surface area contributed by atoms with Gasteiger partial charge in [0, 0.05) is 18.5 Å². The number of rotatable bonds is 5. The molecule has 0 saturated carbocycles. The third-order valence-electron chi connectivity index (χ3n) is 4.57. The highest BCUT2D eigenvalue weighted by molar-refractivity contribution is 5.74. The van der Waals surface area contributed by atoms with Crippen LogP contribution >= 0.6 is 0 Å². The molecule has 134 valence electrons. The van der Waals surface area contributed by atoms with E-state index >= 15 is 0 Å². The maximum Gasteiger partial charge on any atom is 0.416 e. The molecule has 0 saturated heterocycles. The van der Waals surface area contributed by atoms with E-state index in [4.69, 9.17) is 10.5 Å². The number of benzene rings is 2. The Morgan fingerprint density at radius 2 is 1.88 bits per heavy atom. The van der Waals surface area contributed by atoms with Crippen LogP contribution in [-0.2, 0) is 19.0 Å². The molecule has 1 unspecified atom stereocenters. The van der Waals surface area contributed by atoms with Crippen LogP contribution < -0.4 is 10.5 Å². The summed E-state index contributed by atoms with van der Waals surface area (Å²) in [4.78, 5) is 0. The van der Waals surface area contributed by atoms with E-state index in [0.29, 0.717) is 23.3 Å². The third-order valence-corrected chi connectivity index (χ3v) is 4.57. The van der Waals surface area contributed by atoms with Crippen LogP contribution in [0.15, 0.2) is 36.4 Å². The highest BCUT2D eigenvalue weighted by Crippen LogP contribution is 2.43. The fourth-order valence-corrected chi connectivity index (χ4v) is 3.17. The van der Waals surface area contributed by atoms with Gasteiger partial charge in [-0.1, -0.05) is 37.6 Å². The lowest BCUT2D eigenvalue weighted by Crippen LogP contribution is -2.24. The van der Waals surface area contributed by atoms with Crippen molar-refractivity contribution in [3.05, 3.63) is 53.1 Å². The zero-order valence-corrected chi connectivity index (χ0v) is 14.2. The molecule has 0 spiro atoms. The van der Waals surface area contributed by atoms with Gasteiger partial charge in [0.15, 0.2) is 0 Å².